The molecule has 0 bridgehead atoms. The first-order valence-corrected chi connectivity index (χ1v) is 9.61. The highest BCUT2D eigenvalue weighted by Crippen LogP contribution is 2.19. The van der Waals surface area contributed by atoms with Gasteiger partial charge in [-0.3, -0.25) is 4.99 Å². The maximum absolute atomic E-state index is 13.8. The van der Waals surface area contributed by atoms with Crippen LogP contribution in [0.25, 0.3) is 0 Å². The molecule has 0 aliphatic carbocycles. The van der Waals surface area contributed by atoms with Crippen LogP contribution in [-0.4, -0.2) is 43.7 Å². The average molecular weight is 390 g/mol. The number of anilines is 1. The molecule has 1 saturated heterocycles. The Morgan fingerprint density at radius 3 is 2.74 bits per heavy atom. The third-order valence-corrected chi connectivity index (χ3v) is 5.12. The Morgan fingerprint density at radius 1 is 1.26 bits per heavy atom. The smallest absolute Gasteiger partial charge is 0.191 e. The van der Waals surface area contributed by atoms with Crippen molar-refractivity contribution in [2.75, 3.05) is 31.6 Å². The summed E-state index contributed by atoms with van der Waals surface area (Å²) in [6, 6.07) is 11.1. The van der Waals surface area contributed by atoms with Gasteiger partial charge in [0.2, 0.25) is 0 Å². The summed E-state index contributed by atoms with van der Waals surface area (Å²) >= 11 is 6.08. The molecule has 0 amide bonds. The monoisotopic (exact) mass is 389 g/mol. The molecule has 2 heterocycles. The molecule has 1 fully saturated rings. The lowest BCUT2D eigenvalue weighted by atomic mass is 10.1. The zero-order valence-corrected chi connectivity index (χ0v) is 16.2. The number of guanidine groups is 1. The minimum Gasteiger partial charge on any atom is -0.356 e. The fourth-order valence-corrected chi connectivity index (χ4v) is 3.52. The summed E-state index contributed by atoms with van der Waals surface area (Å²) < 4.78 is 13.8. The second-order valence-corrected chi connectivity index (χ2v) is 6.95. The highest BCUT2D eigenvalue weighted by molar-refractivity contribution is 6.31. The van der Waals surface area contributed by atoms with Gasteiger partial charge in [0.25, 0.3) is 0 Å². The topological polar surface area (TPSA) is 52.6 Å². The summed E-state index contributed by atoms with van der Waals surface area (Å²) in [7, 11) is 1.74. The van der Waals surface area contributed by atoms with Crippen molar-refractivity contribution in [3.63, 3.8) is 0 Å². The van der Waals surface area contributed by atoms with Crippen LogP contribution in [0.4, 0.5) is 10.2 Å². The molecule has 1 aliphatic heterocycles. The minimum absolute atomic E-state index is 0.269. The molecule has 1 aliphatic rings. The number of aromatic nitrogens is 1. The number of hydrogen-bond donors (Lipinski definition) is 2. The van der Waals surface area contributed by atoms with Gasteiger partial charge in [-0.25, -0.2) is 9.37 Å². The fraction of sp³-hybridized carbons (Fsp3) is 0.400. The van der Waals surface area contributed by atoms with Crippen molar-refractivity contribution in [1.82, 2.24) is 15.6 Å². The van der Waals surface area contributed by atoms with Crippen molar-refractivity contribution >= 4 is 23.4 Å². The molecule has 7 heteroatoms. The Morgan fingerprint density at radius 2 is 2.07 bits per heavy atom. The highest BCUT2D eigenvalue weighted by Gasteiger charge is 2.20. The molecule has 1 aromatic carbocycles. The van der Waals surface area contributed by atoms with Gasteiger partial charge in [0.1, 0.15) is 11.6 Å². The number of hydrogen-bond acceptors (Lipinski definition) is 3. The molecule has 0 radical (unpaired) electrons. The van der Waals surface area contributed by atoms with Crippen molar-refractivity contribution in [2.24, 2.45) is 4.99 Å². The van der Waals surface area contributed by atoms with Crippen LogP contribution >= 0.6 is 11.6 Å². The quantitative estimate of drug-likeness (QED) is 0.609. The first-order valence-electron chi connectivity index (χ1n) is 9.23. The SMILES string of the molecule is CN=C(NCCc1c(F)cccc1Cl)NC1CCN(c2ccccn2)CC1. The number of halogens is 2. The Bertz CT molecular complexity index is 740. The molecule has 144 valence electrons. The summed E-state index contributed by atoms with van der Waals surface area (Å²) in [5, 5.41) is 7.17. The molecule has 27 heavy (non-hydrogen) atoms. The predicted molar refractivity (Wildman–Crippen MR) is 109 cm³/mol. The summed E-state index contributed by atoms with van der Waals surface area (Å²) in [6.45, 7) is 2.47. The second kappa shape index (κ2) is 9.55. The molecule has 0 saturated carbocycles. The lowest BCUT2D eigenvalue weighted by Gasteiger charge is -2.33. The van der Waals surface area contributed by atoms with Crippen LogP contribution in [0.3, 0.4) is 0 Å². The van der Waals surface area contributed by atoms with Crippen LogP contribution in [0.15, 0.2) is 47.6 Å². The van der Waals surface area contributed by atoms with Gasteiger partial charge in [-0.1, -0.05) is 23.7 Å². The number of benzene rings is 1. The Balaban J connectivity index is 1.44. The van der Waals surface area contributed by atoms with Gasteiger partial charge >= 0.3 is 0 Å². The summed E-state index contributed by atoms with van der Waals surface area (Å²) in [5.41, 5.74) is 0.533. The van der Waals surface area contributed by atoms with Crippen LogP contribution in [0, 0.1) is 5.82 Å². The van der Waals surface area contributed by atoms with E-state index in [1.165, 1.54) is 6.07 Å². The molecule has 0 spiro atoms. The molecule has 2 N–H and O–H groups in total. The number of nitrogens with one attached hydrogen (secondary N) is 2. The van der Waals surface area contributed by atoms with Crippen molar-refractivity contribution in [1.29, 1.82) is 0 Å². The zero-order chi connectivity index (χ0) is 19.1. The van der Waals surface area contributed by atoms with Crippen LogP contribution in [-0.2, 0) is 6.42 Å². The summed E-state index contributed by atoms with van der Waals surface area (Å²) in [5.74, 6) is 1.49. The van der Waals surface area contributed by atoms with E-state index in [0.717, 1.165) is 37.7 Å². The number of nitrogens with zero attached hydrogens (tertiary/aromatic N) is 3. The maximum Gasteiger partial charge on any atom is 0.191 e. The minimum atomic E-state index is -0.269. The molecular weight excluding hydrogens is 365 g/mol. The van der Waals surface area contributed by atoms with E-state index in [4.69, 9.17) is 11.6 Å². The number of piperidine rings is 1. The molecule has 0 atom stereocenters. The van der Waals surface area contributed by atoms with Crippen molar-refractivity contribution in [2.45, 2.75) is 25.3 Å². The van der Waals surface area contributed by atoms with Crippen molar-refractivity contribution in [3.05, 3.63) is 59.0 Å². The normalized spacial score (nSPS) is 15.7. The van der Waals surface area contributed by atoms with E-state index >= 15 is 0 Å². The van der Waals surface area contributed by atoms with Crippen LogP contribution < -0.4 is 15.5 Å². The zero-order valence-electron chi connectivity index (χ0n) is 15.5. The van der Waals surface area contributed by atoms with E-state index in [1.807, 2.05) is 24.4 Å². The van der Waals surface area contributed by atoms with E-state index in [1.54, 1.807) is 19.2 Å². The lowest BCUT2D eigenvalue weighted by molar-refractivity contribution is 0.459. The van der Waals surface area contributed by atoms with Gasteiger partial charge in [-0.15, -0.1) is 0 Å². The lowest BCUT2D eigenvalue weighted by Crippen LogP contribution is -2.49. The van der Waals surface area contributed by atoms with Gasteiger partial charge in [-0.05, 0) is 43.5 Å². The molecule has 3 rings (SSSR count). The van der Waals surface area contributed by atoms with Gasteiger partial charge in [0.05, 0.1) is 0 Å². The Kier molecular flexibility index (Phi) is 6.87. The van der Waals surface area contributed by atoms with E-state index in [2.05, 4.69) is 25.5 Å². The van der Waals surface area contributed by atoms with E-state index in [0.29, 0.717) is 29.6 Å². The Hall–Kier alpha value is -2.34. The average Bonchev–Trinajstić information content (AvgIpc) is 2.70. The van der Waals surface area contributed by atoms with Gasteiger partial charge < -0.3 is 15.5 Å². The first-order chi connectivity index (χ1) is 13.2. The van der Waals surface area contributed by atoms with Crippen LogP contribution in [0.1, 0.15) is 18.4 Å². The molecule has 0 unspecified atom stereocenters. The first kappa shape index (κ1) is 19.4. The fourth-order valence-electron chi connectivity index (χ4n) is 3.26. The molecule has 1 aromatic heterocycles. The second-order valence-electron chi connectivity index (χ2n) is 6.54. The van der Waals surface area contributed by atoms with Crippen molar-refractivity contribution < 1.29 is 4.39 Å². The van der Waals surface area contributed by atoms with E-state index < -0.39 is 0 Å². The van der Waals surface area contributed by atoms with Crippen molar-refractivity contribution in [3.8, 4) is 0 Å². The molecule has 2 aromatic rings. The number of pyridine rings is 1. The highest BCUT2D eigenvalue weighted by atomic mass is 35.5. The largest absolute Gasteiger partial charge is 0.356 e. The van der Waals surface area contributed by atoms with Crippen LogP contribution in [0.5, 0.6) is 0 Å². The standard InChI is InChI=1S/C20H25ClFN5/c1-23-20(25-12-8-16-17(21)5-4-6-18(16)22)26-15-9-13-27(14-10-15)19-7-2-3-11-24-19/h2-7,11,15H,8-10,12-14H2,1H3,(H2,23,25,26). The molecule has 5 nitrogen and oxygen atoms in total. The van der Waals surface area contributed by atoms with Gasteiger partial charge in [-0.2, -0.15) is 0 Å². The van der Waals surface area contributed by atoms with E-state index in [-0.39, 0.29) is 5.82 Å². The summed E-state index contributed by atoms with van der Waals surface area (Å²) in [6.07, 6.45) is 4.35. The number of rotatable bonds is 5. The third-order valence-electron chi connectivity index (χ3n) is 4.76. The number of aliphatic imine (C=N–C) groups is 1. The van der Waals surface area contributed by atoms with Gasteiger partial charge in [0, 0.05) is 49.5 Å². The van der Waals surface area contributed by atoms with Gasteiger partial charge in [0.15, 0.2) is 5.96 Å². The third kappa shape index (κ3) is 5.32. The Labute approximate surface area is 164 Å². The molecular formula is C20H25ClFN5. The van der Waals surface area contributed by atoms with Crippen LogP contribution in [0.2, 0.25) is 5.02 Å². The summed E-state index contributed by atoms with van der Waals surface area (Å²) in [4.78, 5) is 11.0. The van der Waals surface area contributed by atoms with E-state index in [9.17, 15) is 4.39 Å². The predicted octanol–water partition coefficient (Wildman–Crippen LogP) is 3.25. The maximum atomic E-state index is 13.8.